The van der Waals surface area contributed by atoms with Crippen molar-refractivity contribution in [2.24, 2.45) is 0 Å². The predicted octanol–water partition coefficient (Wildman–Crippen LogP) is 3.83. The van der Waals surface area contributed by atoms with Gasteiger partial charge in [0.1, 0.15) is 11.0 Å². The SMILES string of the molecule is C=CCc1cc(C(F)(F)F)c2c(c1)C1(C(=O)OC(C)(C)C)CNCCC1N2C. The second kappa shape index (κ2) is 6.79. The van der Waals surface area contributed by atoms with Crippen molar-refractivity contribution in [2.75, 3.05) is 25.0 Å². The molecule has 2 aliphatic heterocycles. The smallest absolute Gasteiger partial charge is 0.418 e. The fraction of sp³-hybridized carbons (Fsp3) is 0.571. The number of halogens is 3. The molecule has 0 radical (unpaired) electrons. The number of rotatable bonds is 3. The van der Waals surface area contributed by atoms with Gasteiger partial charge in [0.05, 0.1) is 17.3 Å². The van der Waals surface area contributed by atoms with Gasteiger partial charge in [0.25, 0.3) is 0 Å². The van der Waals surface area contributed by atoms with Gasteiger partial charge in [-0.1, -0.05) is 12.1 Å². The molecule has 1 aromatic rings. The van der Waals surface area contributed by atoms with Crippen molar-refractivity contribution in [1.82, 2.24) is 5.32 Å². The molecule has 1 aromatic carbocycles. The Labute approximate surface area is 163 Å². The fourth-order valence-corrected chi connectivity index (χ4v) is 4.45. The lowest BCUT2D eigenvalue weighted by atomic mass is 9.72. The molecule has 4 nitrogen and oxygen atoms in total. The lowest BCUT2D eigenvalue weighted by Crippen LogP contribution is -2.60. The summed E-state index contributed by atoms with van der Waals surface area (Å²) in [6, 6.07) is 2.50. The third kappa shape index (κ3) is 3.30. The summed E-state index contributed by atoms with van der Waals surface area (Å²) in [6.45, 7) is 9.82. The van der Waals surface area contributed by atoms with Gasteiger partial charge >= 0.3 is 12.1 Å². The summed E-state index contributed by atoms with van der Waals surface area (Å²) in [5.74, 6) is -0.480. The summed E-state index contributed by atoms with van der Waals surface area (Å²) in [5.41, 5.74) is -1.65. The van der Waals surface area contributed by atoms with E-state index in [-0.39, 0.29) is 12.2 Å². The van der Waals surface area contributed by atoms with Gasteiger partial charge in [0.2, 0.25) is 0 Å². The number of likely N-dealkylation sites (N-methyl/N-ethyl adjacent to an activating group) is 1. The van der Waals surface area contributed by atoms with Crippen LogP contribution in [0.3, 0.4) is 0 Å². The summed E-state index contributed by atoms with van der Waals surface area (Å²) in [6.07, 6.45) is -2.11. The van der Waals surface area contributed by atoms with Gasteiger partial charge in [-0.05, 0) is 57.4 Å². The van der Waals surface area contributed by atoms with Gasteiger partial charge in [-0.3, -0.25) is 4.79 Å². The van der Waals surface area contributed by atoms with Crippen molar-refractivity contribution in [1.29, 1.82) is 0 Å². The molecule has 2 atom stereocenters. The van der Waals surface area contributed by atoms with E-state index in [1.165, 1.54) is 6.07 Å². The number of fused-ring (bicyclic) bond motifs is 3. The molecular formula is C21H27F3N2O2. The monoisotopic (exact) mass is 396 g/mol. The Morgan fingerprint density at radius 2 is 2.07 bits per heavy atom. The molecule has 3 rings (SSSR count). The van der Waals surface area contributed by atoms with Crippen molar-refractivity contribution in [3.63, 3.8) is 0 Å². The minimum absolute atomic E-state index is 0.0832. The molecule has 0 saturated carbocycles. The number of hydrogen-bond acceptors (Lipinski definition) is 4. The van der Waals surface area contributed by atoms with Crippen molar-refractivity contribution in [3.8, 4) is 0 Å². The summed E-state index contributed by atoms with van der Waals surface area (Å²) in [5, 5.41) is 3.21. The minimum atomic E-state index is -4.52. The Bertz CT molecular complexity index is 798. The zero-order valence-corrected chi connectivity index (χ0v) is 16.7. The number of carbonyl (C=O) groups excluding carboxylic acids is 1. The summed E-state index contributed by atoms with van der Waals surface area (Å²) < 4.78 is 47.5. The van der Waals surface area contributed by atoms with Crippen molar-refractivity contribution >= 4 is 11.7 Å². The highest BCUT2D eigenvalue weighted by Crippen LogP contribution is 2.53. The highest BCUT2D eigenvalue weighted by molar-refractivity contribution is 5.92. The maximum Gasteiger partial charge on any atom is 0.418 e. The van der Waals surface area contributed by atoms with Crippen LogP contribution in [-0.2, 0) is 27.5 Å². The van der Waals surface area contributed by atoms with Gasteiger partial charge < -0.3 is 15.0 Å². The summed E-state index contributed by atoms with van der Waals surface area (Å²) in [4.78, 5) is 15.0. The Kier molecular flexibility index (Phi) is 5.02. The van der Waals surface area contributed by atoms with E-state index in [1.807, 2.05) is 0 Å². The first-order chi connectivity index (χ1) is 12.9. The van der Waals surface area contributed by atoms with Crippen LogP contribution in [0.2, 0.25) is 0 Å². The number of piperidine rings is 1. The molecule has 154 valence electrons. The van der Waals surface area contributed by atoms with E-state index in [4.69, 9.17) is 4.74 Å². The Morgan fingerprint density at radius 1 is 1.39 bits per heavy atom. The van der Waals surface area contributed by atoms with E-state index in [2.05, 4.69) is 11.9 Å². The van der Waals surface area contributed by atoms with Gasteiger partial charge in [0, 0.05) is 13.6 Å². The van der Waals surface area contributed by atoms with Crippen LogP contribution in [0.4, 0.5) is 18.9 Å². The largest absolute Gasteiger partial charge is 0.459 e. The normalized spacial score (nSPS) is 24.5. The zero-order valence-electron chi connectivity index (χ0n) is 16.7. The number of esters is 1. The number of carbonyl (C=O) groups is 1. The minimum Gasteiger partial charge on any atom is -0.459 e. The number of allylic oxidation sites excluding steroid dienone is 1. The van der Waals surface area contributed by atoms with E-state index in [1.54, 1.807) is 44.9 Å². The van der Waals surface area contributed by atoms with Crippen molar-refractivity contribution in [2.45, 2.75) is 56.8 Å². The second-order valence-corrected chi connectivity index (χ2v) is 8.60. The van der Waals surface area contributed by atoms with Gasteiger partial charge in [-0.15, -0.1) is 6.58 Å². The van der Waals surface area contributed by atoms with E-state index in [9.17, 15) is 18.0 Å². The molecule has 1 saturated heterocycles. The topological polar surface area (TPSA) is 41.6 Å². The third-order valence-electron chi connectivity index (χ3n) is 5.49. The van der Waals surface area contributed by atoms with E-state index >= 15 is 0 Å². The Hall–Kier alpha value is -2.02. The van der Waals surface area contributed by atoms with Crippen LogP contribution in [0.25, 0.3) is 0 Å². The Morgan fingerprint density at radius 3 is 2.64 bits per heavy atom. The van der Waals surface area contributed by atoms with Crippen LogP contribution >= 0.6 is 0 Å². The number of nitrogens with zero attached hydrogens (tertiary/aromatic N) is 1. The molecule has 2 unspecified atom stereocenters. The zero-order chi connectivity index (χ0) is 20.9. The second-order valence-electron chi connectivity index (χ2n) is 8.60. The van der Waals surface area contributed by atoms with E-state index < -0.39 is 34.8 Å². The number of hydrogen-bond donors (Lipinski definition) is 1. The van der Waals surface area contributed by atoms with E-state index in [0.717, 1.165) is 0 Å². The highest BCUT2D eigenvalue weighted by atomic mass is 19.4. The highest BCUT2D eigenvalue weighted by Gasteiger charge is 2.59. The molecule has 1 fully saturated rings. The molecule has 0 bridgehead atoms. The average Bonchev–Trinajstić information content (AvgIpc) is 2.83. The van der Waals surface area contributed by atoms with Gasteiger partial charge in [-0.2, -0.15) is 13.2 Å². The summed E-state index contributed by atoms with van der Waals surface area (Å²) in [7, 11) is 1.64. The molecule has 0 aromatic heterocycles. The lowest BCUT2D eigenvalue weighted by molar-refractivity contribution is -0.163. The van der Waals surface area contributed by atoms with Crippen molar-refractivity contribution in [3.05, 3.63) is 41.5 Å². The summed E-state index contributed by atoms with van der Waals surface area (Å²) >= 11 is 0. The van der Waals surface area contributed by atoms with Gasteiger partial charge in [0.15, 0.2) is 0 Å². The molecule has 0 aliphatic carbocycles. The molecule has 0 spiro atoms. The maximum atomic E-state index is 13.9. The molecule has 28 heavy (non-hydrogen) atoms. The standard InChI is InChI=1S/C21H27F3N2O2/c1-6-7-13-10-14-17(15(11-13)21(22,23)24)26(5)16-8-9-25-12-20(14,16)18(27)28-19(2,3)4/h6,10-11,16,25H,1,7-9,12H2,2-5H3. The molecule has 2 heterocycles. The molecule has 2 aliphatic rings. The van der Waals surface area contributed by atoms with Crippen LogP contribution in [-0.4, -0.2) is 37.7 Å². The molecule has 1 N–H and O–H groups in total. The first-order valence-corrected chi connectivity index (χ1v) is 9.44. The average molecular weight is 396 g/mol. The van der Waals surface area contributed by atoms with Crippen LogP contribution < -0.4 is 10.2 Å². The van der Waals surface area contributed by atoms with Crippen LogP contribution in [0.15, 0.2) is 24.8 Å². The predicted molar refractivity (Wildman–Crippen MR) is 103 cm³/mol. The van der Waals surface area contributed by atoms with Gasteiger partial charge in [-0.25, -0.2) is 0 Å². The number of ether oxygens (including phenoxy) is 1. The molecular weight excluding hydrogens is 369 g/mol. The third-order valence-corrected chi connectivity index (χ3v) is 5.49. The van der Waals surface area contributed by atoms with Crippen LogP contribution in [0, 0.1) is 0 Å². The number of nitrogens with one attached hydrogen (secondary N) is 1. The molecule has 7 heteroatoms. The Balaban J connectivity index is 2.28. The maximum absolute atomic E-state index is 13.9. The fourth-order valence-electron chi connectivity index (χ4n) is 4.45. The van der Waals surface area contributed by atoms with Crippen LogP contribution in [0.5, 0.6) is 0 Å². The van der Waals surface area contributed by atoms with Crippen molar-refractivity contribution < 1.29 is 22.7 Å². The lowest BCUT2D eigenvalue weighted by Gasteiger charge is -2.41. The first-order valence-electron chi connectivity index (χ1n) is 9.44. The quantitative estimate of drug-likeness (QED) is 0.623. The molecule has 0 amide bonds. The first kappa shape index (κ1) is 20.7. The van der Waals surface area contributed by atoms with Crippen LogP contribution in [0.1, 0.15) is 43.9 Å². The van der Waals surface area contributed by atoms with E-state index in [0.29, 0.717) is 30.5 Å². The number of anilines is 1. The number of alkyl halides is 3. The number of benzene rings is 1.